The maximum absolute atomic E-state index is 11.7. The molecule has 0 atom stereocenters. The number of nitrogens with zero attached hydrogens (tertiary/aromatic N) is 2. The average Bonchev–Trinajstić information content (AvgIpc) is 3.36. The molecule has 120 valence electrons. The van der Waals surface area contributed by atoms with Gasteiger partial charge in [-0.2, -0.15) is 0 Å². The van der Waals surface area contributed by atoms with Crippen LogP contribution >= 0.6 is 11.3 Å². The number of nitrogens with one attached hydrogen (secondary N) is 1. The molecule has 1 N–H and O–H groups in total. The zero-order valence-corrected chi connectivity index (χ0v) is 13.6. The molecule has 1 aromatic carbocycles. The number of anilines is 2. The lowest BCUT2D eigenvalue weighted by molar-refractivity contribution is -0.135. The lowest BCUT2D eigenvalue weighted by atomic mass is 10.3. The summed E-state index contributed by atoms with van der Waals surface area (Å²) >= 11 is 1.50. The van der Waals surface area contributed by atoms with Crippen LogP contribution in [0.25, 0.3) is 11.4 Å². The number of hydrogen-bond donors (Lipinski definition) is 1. The minimum absolute atomic E-state index is 0.0847. The molecule has 24 heavy (non-hydrogen) atoms. The van der Waals surface area contributed by atoms with Gasteiger partial charge in [-0.1, -0.05) is 12.1 Å². The van der Waals surface area contributed by atoms with Gasteiger partial charge in [0.25, 0.3) is 0 Å². The molecule has 0 spiro atoms. The number of hydrogen-bond acceptors (Lipinski definition) is 6. The van der Waals surface area contributed by atoms with Crippen LogP contribution in [0.15, 0.2) is 54.0 Å². The van der Waals surface area contributed by atoms with Crippen molar-refractivity contribution in [2.45, 2.75) is 12.8 Å². The van der Waals surface area contributed by atoms with Crippen molar-refractivity contribution >= 4 is 28.1 Å². The molecule has 0 unspecified atom stereocenters. The first-order valence-corrected chi connectivity index (χ1v) is 8.61. The lowest BCUT2D eigenvalue weighted by Gasteiger charge is -2.06. The number of carbonyl (C=O) groups excluding carboxylic acids is 1. The van der Waals surface area contributed by atoms with Gasteiger partial charge in [-0.05, 0) is 37.1 Å². The van der Waals surface area contributed by atoms with Crippen molar-refractivity contribution in [1.29, 1.82) is 0 Å². The van der Waals surface area contributed by atoms with E-state index in [1.165, 1.54) is 11.3 Å². The fraction of sp³-hybridized carbons (Fsp3) is 0.167. The molecule has 5 nitrogen and oxygen atoms in total. The normalized spacial score (nSPS) is 13.5. The second kappa shape index (κ2) is 6.41. The Morgan fingerprint density at radius 1 is 1.17 bits per heavy atom. The number of rotatable bonds is 5. The highest BCUT2D eigenvalue weighted by Gasteiger charge is 2.31. The van der Waals surface area contributed by atoms with E-state index in [1.54, 1.807) is 12.3 Å². The summed E-state index contributed by atoms with van der Waals surface area (Å²) in [6, 6.07) is 13.1. The Bertz CT molecular complexity index is 859. The molecular formula is C18H15N3O2S. The number of aromatic nitrogens is 2. The molecule has 3 aromatic rings. The van der Waals surface area contributed by atoms with E-state index in [0.717, 1.165) is 35.0 Å². The van der Waals surface area contributed by atoms with Gasteiger partial charge in [0.15, 0.2) is 5.13 Å². The topological polar surface area (TPSA) is 64.1 Å². The zero-order valence-electron chi connectivity index (χ0n) is 12.8. The van der Waals surface area contributed by atoms with Gasteiger partial charge in [0.1, 0.15) is 11.4 Å². The second-order valence-corrected chi connectivity index (χ2v) is 6.46. The summed E-state index contributed by atoms with van der Waals surface area (Å²) in [6.07, 6.45) is 3.62. The van der Waals surface area contributed by atoms with Crippen LogP contribution in [0.2, 0.25) is 0 Å². The van der Waals surface area contributed by atoms with E-state index in [2.05, 4.69) is 15.3 Å². The summed E-state index contributed by atoms with van der Waals surface area (Å²) in [5, 5.41) is 5.97. The van der Waals surface area contributed by atoms with E-state index in [1.807, 2.05) is 41.8 Å². The number of ether oxygens (including phenoxy) is 1. The van der Waals surface area contributed by atoms with E-state index >= 15 is 0 Å². The number of thiazole rings is 1. The van der Waals surface area contributed by atoms with Crippen LogP contribution in [0.1, 0.15) is 12.8 Å². The maximum Gasteiger partial charge on any atom is 0.314 e. The standard InChI is InChI=1S/C18H15N3O2S/c22-17(12-7-8-12)23-14-5-3-4-13(10-14)20-18-21-16(11-24-18)15-6-1-2-9-19-15/h1-6,9-12H,7-8H2,(H,20,21). The minimum atomic E-state index is -0.140. The molecule has 0 amide bonds. The van der Waals surface area contributed by atoms with Gasteiger partial charge in [0.05, 0.1) is 11.6 Å². The van der Waals surface area contributed by atoms with Gasteiger partial charge in [-0.3, -0.25) is 9.78 Å². The molecular weight excluding hydrogens is 322 g/mol. The summed E-state index contributed by atoms with van der Waals surface area (Å²) in [4.78, 5) is 20.6. The van der Waals surface area contributed by atoms with Crippen molar-refractivity contribution in [1.82, 2.24) is 9.97 Å². The average molecular weight is 337 g/mol. The number of pyridine rings is 1. The Morgan fingerprint density at radius 3 is 2.88 bits per heavy atom. The van der Waals surface area contributed by atoms with Gasteiger partial charge in [-0.25, -0.2) is 4.98 Å². The number of carbonyl (C=O) groups is 1. The highest BCUT2D eigenvalue weighted by atomic mass is 32.1. The molecule has 4 rings (SSSR count). The second-order valence-electron chi connectivity index (χ2n) is 5.60. The molecule has 0 saturated heterocycles. The van der Waals surface area contributed by atoms with E-state index in [0.29, 0.717) is 5.75 Å². The Morgan fingerprint density at radius 2 is 2.08 bits per heavy atom. The van der Waals surface area contributed by atoms with Gasteiger partial charge >= 0.3 is 5.97 Å². The third-order valence-corrected chi connectivity index (χ3v) is 4.40. The van der Waals surface area contributed by atoms with Crippen molar-refractivity contribution in [3.63, 3.8) is 0 Å². The van der Waals surface area contributed by atoms with Gasteiger partial charge in [0, 0.05) is 23.3 Å². The van der Waals surface area contributed by atoms with Crippen LogP contribution in [0.4, 0.5) is 10.8 Å². The maximum atomic E-state index is 11.7. The molecule has 0 bridgehead atoms. The fourth-order valence-corrected chi connectivity index (χ4v) is 2.97. The Labute approximate surface area is 143 Å². The molecule has 1 aliphatic rings. The molecule has 1 aliphatic carbocycles. The lowest BCUT2D eigenvalue weighted by Crippen LogP contribution is -2.09. The van der Waals surface area contributed by atoms with Crippen LogP contribution in [0.5, 0.6) is 5.75 Å². The first kappa shape index (κ1) is 14.8. The SMILES string of the molecule is O=C(Oc1cccc(Nc2nc(-c3ccccn3)cs2)c1)C1CC1. The Hall–Kier alpha value is -2.73. The number of benzene rings is 1. The molecule has 1 fully saturated rings. The summed E-state index contributed by atoms with van der Waals surface area (Å²) in [6.45, 7) is 0. The fourth-order valence-electron chi connectivity index (χ4n) is 2.24. The first-order chi connectivity index (χ1) is 11.8. The smallest absolute Gasteiger partial charge is 0.314 e. The predicted octanol–water partition coefficient (Wildman–Crippen LogP) is 4.26. The third-order valence-electron chi connectivity index (χ3n) is 3.65. The highest BCUT2D eigenvalue weighted by molar-refractivity contribution is 7.14. The molecule has 1 saturated carbocycles. The highest BCUT2D eigenvalue weighted by Crippen LogP contribution is 2.32. The molecule has 0 aliphatic heterocycles. The van der Waals surface area contributed by atoms with Crippen LogP contribution in [-0.4, -0.2) is 15.9 Å². The van der Waals surface area contributed by atoms with Gasteiger partial charge in [0.2, 0.25) is 0 Å². The molecule has 2 heterocycles. The van der Waals surface area contributed by atoms with Gasteiger partial charge < -0.3 is 10.1 Å². The van der Waals surface area contributed by atoms with Crippen LogP contribution < -0.4 is 10.1 Å². The van der Waals surface area contributed by atoms with E-state index in [-0.39, 0.29) is 11.9 Å². The Balaban J connectivity index is 1.47. The minimum Gasteiger partial charge on any atom is -0.426 e. The van der Waals surface area contributed by atoms with Crippen molar-refractivity contribution in [3.05, 3.63) is 54.0 Å². The van der Waals surface area contributed by atoms with Crippen molar-refractivity contribution in [3.8, 4) is 17.1 Å². The third kappa shape index (κ3) is 3.44. The summed E-state index contributed by atoms with van der Waals surface area (Å²) < 4.78 is 5.39. The summed E-state index contributed by atoms with van der Waals surface area (Å²) in [5.74, 6) is 0.499. The largest absolute Gasteiger partial charge is 0.426 e. The molecule has 0 radical (unpaired) electrons. The van der Waals surface area contributed by atoms with E-state index in [4.69, 9.17) is 4.74 Å². The monoisotopic (exact) mass is 337 g/mol. The van der Waals surface area contributed by atoms with Crippen LogP contribution in [0.3, 0.4) is 0 Å². The number of esters is 1. The summed E-state index contributed by atoms with van der Waals surface area (Å²) in [7, 11) is 0. The summed E-state index contributed by atoms with van der Waals surface area (Å²) in [5.41, 5.74) is 2.51. The van der Waals surface area contributed by atoms with E-state index < -0.39 is 0 Å². The van der Waals surface area contributed by atoms with Crippen molar-refractivity contribution in [2.24, 2.45) is 5.92 Å². The zero-order chi connectivity index (χ0) is 16.4. The quantitative estimate of drug-likeness (QED) is 0.556. The van der Waals surface area contributed by atoms with Crippen molar-refractivity contribution < 1.29 is 9.53 Å². The Kier molecular flexibility index (Phi) is 3.96. The molecule has 6 heteroatoms. The predicted molar refractivity (Wildman–Crippen MR) is 93.4 cm³/mol. The van der Waals surface area contributed by atoms with Crippen LogP contribution in [0, 0.1) is 5.92 Å². The van der Waals surface area contributed by atoms with Crippen molar-refractivity contribution in [2.75, 3.05) is 5.32 Å². The molecule has 2 aromatic heterocycles. The first-order valence-electron chi connectivity index (χ1n) is 7.74. The van der Waals surface area contributed by atoms with E-state index in [9.17, 15) is 4.79 Å². The van der Waals surface area contributed by atoms with Gasteiger partial charge in [-0.15, -0.1) is 11.3 Å². The van der Waals surface area contributed by atoms with Crippen LogP contribution in [-0.2, 0) is 4.79 Å².